The van der Waals surface area contributed by atoms with E-state index in [1.807, 2.05) is 108 Å². The van der Waals surface area contributed by atoms with E-state index in [4.69, 9.17) is 0 Å². The van der Waals surface area contributed by atoms with Crippen LogP contribution in [0.25, 0.3) is 60.9 Å². The molecule has 0 saturated carbocycles. The molecule has 260 valence electrons. The van der Waals surface area contributed by atoms with Crippen molar-refractivity contribution in [2.24, 2.45) is 0 Å². The molecule has 1 aliphatic heterocycles. The second kappa shape index (κ2) is 13.3. The summed E-state index contributed by atoms with van der Waals surface area (Å²) in [6.45, 7) is 0. The number of benzene rings is 7. The van der Waals surface area contributed by atoms with E-state index < -0.39 is 6.23 Å². The molecule has 0 saturated heterocycles. The molecule has 1 aromatic heterocycles. The predicted molar refractivity (Wildman–Crippen MR) is 214 cm³/mol. The third kappa shape index (κ3) is 5.35. The average molecular weight is 719 g/mol. The zero-order valence-electron chi connectivity index (χ0n) is 29.5. The van der Waals surface area contributed by atoms with Crippen molar-refractivity contribution in [2.75, 3.05) is 4.90 Å². The molecule has 8 heteroatoms. The first kappa shape index (κ1) is 33.6. The molecule has 8 aromatic rings. The number of amides is 1. The van der Waals surface area contributed by atoms with Crippen molar-refractivity contribution in [1.29, 1.82) is 21.0 Å². The summed E-state index contributed by atoms with van der Waals surface area (Å²) < 4.78 is 2.02. The van der Waals surface area contributed by atoms with Gasteiger partial charge in [0.05, 0.1) is 74.5 Å². The lowest BCUT2D eigenvalue weighted by Gasteiger charge is -2.24. The van der Waals surface area contributed by atoms with Crippen molar-refractivity contribution >= 4 is 33.4 Å². The van der Waals surface area contributed by atoms with E-state index in [1.54, 1.807) is 42.5 Å². The number of nitrogens with zero attached hydrogens (tertiary/aromatic N) is 6. The second-order valence-electron chi connectivity index (χ2n) is 13.5. The van der Waals surface area contributed by atoms with Gasteiger partial charge in [-0.1, -0.05) is 72.8 Å². The van der Waals surface area contributed by atoms with Crippen LogP contribution < -0.4 is 4.90 Å². The molecule has 7 aromatic carbocycles. The Balaban J connectivity index is 1.28. The van der Waals surface area contributed by atoms with Crippen LogP contribution in [0.2, 0.25) is 0 Å². The van der Waals surface area contributed by atoms with Gasteiger partial charge in [-0.25, -0.2) is 0 Å². The molecule has 2 heterocycles. The van der Waals surface area contributed by atoms with E-state index in [0.29, 0.717) is 55.9 Å². The molecule has 0 fully saturated rings. The number of nitriles is 4. The molecular weight excluding hydrogens is 693 g/mol. The molecule has 0 spiro atoms. The first-order valence-corrected chi connectivity index (χ1v) is 17.7. The van der Waals surface area contributed by atoms with Crippen LogP contribution in [0.1, 0.15) is 44.4 Å². The van der Waals surface area contributed by atoms with Crippen LogP contribution in [0.15, 0.2) is 146 Å². The summed E-state index contributed by atoms with van der Waals surface area (Å²) in [4.78, 5) is 16.2. The zero-order valence-corrected chi connectivity index (χ0v) is 29.5. The highest BCUT2D eigenvalue weighted by molar-refractivity contribution is 6.17. The van der Waals surface area contributed by atoms with Crippen LogP contribution in [0.4, 0.5) is 5.69 Å². The molecule has 8 nitrogen and oxygen atoms in total. The Morgan fingerprint density at radius 1 is 0.482 bits per heavy atom. The molecule has 56 heavy (non-hydrogen) atoms. The number of carbonyl (C=O) groups excluding carboxylic acids is 1. The van der Waals surface area contributed by atoms with Gasteiger partial charge in [-0.15, -0.1) is 0 Å². The van der Waals surface area contributed by atoms with Crippen LogP contribution in [0, 0.1) is 45.3 Å². The van der Waals surface area contributed by atoms with Crippen molar-refractivity contribution < 1.29 is 9.90 Å². The van der Waals surface area contributed by atoms with Crippen LogP contribution in [-0.2, 0) is 0 Å². The normalized spacial score (nSPS) is 13.2. The van der Waals surface area contributed by atoms with Crippen LogP contribution in [-0.4, -0.2) is 15.6 Å². The number of hydrogen-bond acceptors (Lipinski definition) is 6. The molecule has 0 bridgehead atoms. The van der Waals surface area contributed by atoms with Crippen molar-refractivity contribution in [1.82, 2.24) is 4.57 Å². The standard InChI is InChI=1S/C48H26N6O2/c49-25-29-17-30(26-50)20-36(19-29)34-13-15-43-40(23-34)41-24-35(37-21-31(27-51)18-32(22-37)28-52)14-16-44(41)53(43)45-12-6-10-39-46(45)48(56)54(47(39)55)42-11-5-4-9-38(42)33-7-2-1-3-8-33/h1-24,47,55H. The highest BCUT2D eigenvalue weighted by Gasteiger charge is 2.40. The Labute approximate surface area is 321 Å². The summed E-state index contributed by atoms with van der Waals surface area (Å²) in [5.74, 6) is -0.343. The minimum absolute atomic E-state index is 0.343. The topological polar surface area (TPSA) is 141 Å². The smallest absolute Gasteiger partial charge is 0.263 e. The predicted octanol–water partition coefficient (Wildman–Crippen LogP) is 9.92. The molecule has 1 amide bonds. The number of aliphatic hydroxyl groups is 1. The van der Waals surface area contributed by atoms with Gasteiger partial charge in [-0.05, 0) is 101 Å². The molecule has 1 atom stereocenters. The van der Waals surface area contributed by atoms with E-state index in [1.165, 1.54) is 4.90 Å². The van der Waals surface area contributed by atoms with Crippen LogP contribution >= 0.6 is 0 Å². The maximum atomic E-state index is 14.7. The van der Waals surface area contributed by atoms with E-state index in [2.05, 4.69) is 24.3 Å². The van der Waals surface area contributed by atoms with Crippen molar-refractivity contribution in [2.45, 2.75) is 6.23 Å². The maximum Gasteiger partial charge on any atom is 0.263 e. The molecule has 0 aliphatic carbocycles. The minimum atomic E-state index is -1.24. The van der Waals surface area contributed by atoms with Gasteiger partial charge in [0.1, 0.15) is 0 Å². The Bertz CT molecular complexity index is 2940. The van der Waals surface area contributed by atoms with Gasteiger partial charge in [0.2, 0.25) is 0 Å². The van der Waals surface area contributed by atoms with Gasteiger partial charge >= 0.3 is 0 Å². The Morgan fingerprint density at radius 3 is 1.52 bits per heavy atom. The van der Waals surface area contributed by atoms with Crippen molar-refractivity contribution in [3.8, 4) is 63.3 Å². The molecule has 1 unspecified atom stereocenters. The molecule has 9 rings (SSSR count). The highest BCUT2D eigenvalue weighted by Crippen LogP contribution is 2.45. The fraction of sp³-hybridized carbons (Fsp3) is 0.0208. The summed E-state index contributed by atoms with van der Waals surface area (Å²) in [5, 5.41) is 52.4. The van der Waals surface area contributed by atoms with Crippen molar-refractivity contribution in [3.63, 3.8) is 0 Å². The van der Waals surface area contributed by atoms with Crippen LogP contribution in [0.5, 0.6) is 0 Å². The van der Waals surface area contributed by atoms with E-state index in [0.717, 1.165) is 44.1 Å². The molecule has 1 aliphatic rings. The largest absolute Gasteiger partial charge is 0.369 e. The van der Waals surface area contributed by atoms with E-state index in [9.17, 15) is 30.9 Å². The summed E-state index contributed by atoms with van der Waals surface area (Å²) in [7, 11) is 0. The minimum Gasteiger partial charge on any atom is -0.369 e. The third-order valence-corrected chi connectivity index (χ3v) is 10.3. The van der Waals surface area contributed by atoms with Gasteiger partial charge in [0.25, 0.3) is 5.91 Å². The third-order valence-electron chi connectivity index (χ3n) is 10.3. The average Bonchev–Trinajstić information content (AvgIpc) is 3.72. The molecule has 0 radical (unpaired) electrons. The lowest BCUT2D eigenvalue weighted by atomic mass is 9.97. The maximum absolute atomic E-state index is 14.7. The van der Waals surface area contributed by atoms with Gasteiger partial charge in [0.15, 0.2) is 6.23 Å². The van der Waals surface area contributed by atoms with Gasteiger partial charge in [0, 0.05) is 21.9 Å². The number of para-hydroxylation sites is 1. The summed E-state index contributed by atoms with van der Waals surface area (Å²) >= 11 is 0. The fourth-order valence-electron chi connectivity index (χ4n) is 7.84. The Morgan fingerprint density at radius 2 is 0.982 bits per heavy atom. The number of aromatic nitrogens is 1. The summed E-state index contributed by atoms with van der Waals surface area (Å²) in [5.41, 5.74) is 9.73. The van der Waals surface area contributed by atoms with Gasteiger partial charge < -0.3 is 9.67 Å². The number of fused-ring (bicyclic) bond motifs is 4. The number of aliphatic hydroxyl groups excluding tert-OH is 1. The lowest BCUT2D eigenvalue weighted by molar-refractivity contribution is 0.0935. The SMILES string of the molecule is N#Cc1cc(C#N)cc(-c2ccc3c(c2)c2cc(-c4cc(C#N)cc(C#N)c4)ccc2n3-c2cccc3c2C(=O)N(c2ccccc2-c2ccccc2)C3O)c1. The van der Waals surface area contributed by atoms with E-state index >= 15 is 0 Å². The lowest BCUT2D eigenvalue weighted by Crippen LogP contribution is -2.28. The number of hydrogen-bond donors (Lipinski definition) is 1. The Hall–Kier alpha value is -8.27. The van der Waals surface area contributed by atoms with Crippen molar-refractivity contribution in [3.05, 3.63) is 179 Å². The highest BCUT2D eigenvalue weighted by atomic mass is 16.3. The summed E-state index contributed by atoms with van der Waals surface area (Å²) in [6, 6.07) is 53.2. The van der Waals surface area contributed by atoms with E-state index in [-0.39, 0.29) is 5.91 Å². The quantitative estimate of drug-likeness (QED) is 0.188. The zero-order chi connectivity index (χ0) is 38.5. The fourth-order valence-corrected chi connectivity index (χ4v) is 7.84. The molecular formula is C48H26N6O2. The van der Waals surface area contributed by atoms with Gasteiger partial charge in [-0.3, -0.25) is 9.69 Å². The van der Waals surface area contributed by atoms with Gasteiger partial charge in [-0.2, -0.15) is 21.0 Å². The summed E-state index contributed by atoms with van der Waals surface area (Å²) in [6.07, 6.45) is -1.24. The second-order valence-corrected chi connectivity index (χ2v) is 13.5. The Kier molecular flexibility index (Phi) is 7.97. The number of carbonyl (C=O) groups is 1. The first-order chi connectivity index (χ1) is 27.4. The van der Waals surface area contributed by atoms with Crippen LogP contribution in [0.3, 0.4) is 0 Å². The first-order valence-electron chi connectivity index (χ1n) is 17.7. The molecule has 1 N–H and O–H groups in total. The monoisotopic (exact) mass is 718 g/mol. The number of rotatable bonds is 5. The number of anilines is 1.